The molecule has 2 aromatic rings. The predicted octanol–water partition coefficient (Wildman–Crippen LogP) is 3.23. The quantitative estimate of drug-likeness (QED) is 0.890. The number of rotatable bonds is 6. The topological polar surface area (TPSA) is 47.6 Å². The van der Waals surface area contributed by atoms with Gasteiger partial charge in [-0.2, -0.15) is 0 Å². The lowest BCUT2D eigenvalue weighted by Gasteiger charge is -2.17. The van der Waals surface area contributed by atoms with Crippen molar-refractivity contribution >= 4 is 5.91 Å². The molecule has 0 radical (unpaired) electrons. The first-order valence-electron chi connectivity index (χ1n) is 7.33. The van der Waals surface area contributed by atoms with E-state index < -0.39 is 6.10 Å². The van der Waals surface area contributed by atoms with Crippen molar-refractivity contribution in [3.8, 4) is 11.5 Å². The molecule has 23 heavy (non-hydrogen) atoms. The van der Waals surface area contributed by atoms with Gasteiger partial charge < -0.3 is 14.8 Å². The number of hydrogen-bond donors (Lipinski definition) is 1. The first-order valence-corrected chi connectivity index (χ1v) is 7.33. The van der Waals surface area contributed by atoms with Gasteiger partial charge in [-0.1, -0.05) is 18.2 Å². The Labute approximate surface area is 135 Å². The van der Waals surface area contributed by atoms with E-state index in [1.54, 1.807) is 32.2 Å². The van der Waals surface area contributed by atoms with E-state index in [1.165, 1.54) is 12.1 Å². The lowest BCUT2D eigenvalue weighted by Crippen LogP contribution is -2.35. The average molecular weight is 317 g/mol. The Balaban J connectivity index is 1.93. The molecule has 1 N–H and O–H groups in total. The molecule has 0 heterocycles. The fraction of sp³-hybridized carbons (Fsp3) is 0.278. The molecule has 0 aromatic heterocycles. The molecule has 2 rings (SSSR count). The SMILES string of the molecule is COc1cc(C)ccc1O[C@H](C)C(=O)NCc1ccc(F)cc1. The third kappa shape index (κ3) is 4.71. The van der Waals surface area contributed by atoms with Gasteiger partial charge in [-0.3, -0.25) is 4.79 Å². The van der Waals surface area contributed by atoms with Crippen molar-refractivity contribution in [1.29, 1.82) is 0 Å². The number of aryl methyl sites for hydroxylation is 1. The number of nitrogens with one attached hydrogen (secondary N) is 1. The Morgan fingerprint density at radius 3 is 2.52 bits per heavy atom. The van der Waals surface area contributed by atoms with Gasteiger partial charge in [-0.25, -0.2) is 4.39 Å². The second-order valence-corrected chi connectivity index (χ2v) is 5.26. The van der Waals surface area contributed by atoms with Crippen LogP contribution in [-0.4, -0.2) is 19.1 Å². The van der Waals surface area contributed by atoms with Crippen molar-refractivity contribution in [3.05, 3.63) is 59.4 Å². The Morgan fingerprint density at radius 2 is 1.87 bits per heavy atom. The van der Waals surface area contributed by atoms with E-state index in [0.29, 0.717) is 18.0 Å². The van der Waals surface area contributed by atoms with Crippen molar-refractivity contribution in [1.82, 2.24) is 5.32 Å². The molecule has 4 nitrogen and oxygen atoms in total. The zero-order valence-electron chi connectivity index (χ0n) is 13.4. The van der Waals surface area contributed by atoms with E-state index in [0.717, 1.165) is 11.1 Å². The summed E-state index contributed by atoms with van der Waals surface area (Å²) in [4.78, 5) is 12.1. The number of ether oxygens (including phenoxy) is 2. The van der Waals surface area contributed by atoms with E-state index in [-0.39, 0.29) is 11.7 Å². The van der Waals surface area contributed by atoms with E-state index in [2.05, 4.69) is 5.32 Å². The summed E-state index contributed by atoms with van der Waals surface area (Å²) in [5.41, 5.74) is 1.86. The lowest BCUT2D eigenvalue weighted by molar-refractivity contribution is -0.127. The first kappa shape index (κ1) is 16.8. The highest BCUT2D eigenvalue weighted by molar-refractivity contribution is 5.80. The van der Waals surface area contributed by atoms with Gasteiger partial charge in [0.25, 0.3) is 5.91 Å². The van der Waals surface area contributed by atoms with Crippen LogP contribution in [0.25, 0.3) is 0 Å². The van der Waals surface area contributed by atoms with Gasteiger partial charge in [0.1, 0.15) is 5.82 Å². The molecule has 0 aliphatic carbocycles. The summed E-state index contributed by atoms with van der Waals surface area (Å²) >= 11 is 0. The van der Waals surface area contributed by atoms with Gasteiger partial charge in [0.2, 0.25) is 0 Å². The molecular weight excluding hydrogens is 297 g/mol. The van der Waals surface area contributed by atoms with Crippen LogP contribution in [0.3, 0.4) is 0 Å². The molecule has 1 amide bonds. The Morgan fingerprint density at radius 1 is 1.17 bits per heavy atom. The average Bonchev–Trinajstić information content (AvgIpc) is 2.55. The zero-order chi connectivity index (χ0) is 16.8. The minimum atomic E-state index is -0.674. The standard InChI is InChI=1S/C18H20FNO3/c1-12-4-9-16(17(10-12)22-3)23-13(2)18(21)20-11-14-5-7-15(19)8-6-14/h4-10,13H,11H2,1-3H3,(H,20,21)/t13-/m1/s1. The molecule has 122 valence electrons. The highest BCUT2D eigenvalue weighted by Gasteiger charge is 2.16. The maximum atomic E-state index is 12.8. The molecule has 0 aliphatic rings. The minimum absolute atomic E-state index is 0.253. The summed E-state index contributed by atoms with van der Waals surface area (Å²) in [6.45, 7) is 3.93. The van der Waals surface area contributed by atoms with E-state index in [4.69, 9.17) is 9.47 Å². The van der Waals surface area contributed by atoms with E-state index in [9.17, 15) is 9.18 Å². The van der Waals surface area contributed by atoms with Crippen LogP contribution < -0.4 is 14.8 Å². The van der Waals surface area contributed by atoms with Crippen LogP contribution in [0.1, 0.15) is 18.1 Å². The van der Waals surface area contributed by atoms with Gasteiger partial charge in [0, 0.05) is 6.54 Å². The number of carbonyl (C=O) groups excluding carboxylic acids is 1. The minimum Gasteiger partial charge on any atom is -0.493 e. The number of carbonyl (C=O) groups is 1. The predicted molar refractivity (Wildman–Crippen MR) is 86.1 cm³/mol. The molecule has 0 bridgehead atoms. The molecule has 5 heteroatoms. The van der Waals surface area contributed by atoms with Crippen molar-refractivity contribution in [3.63, 3.8) is 0 Å². The Hall–Kier alpha value is -2.56. The van der Waals surface area contributed by atoms with Crippen molar-refractivity contribution in [2.24, 2.45) is 0 Å². The number of hydrogen-bond acceptors (Lipinski definition) is 3. The zero-order valence-corrected chi connectivity index (χ0v) is 13.4. The smallest absolute Gasteiger partial charge is 0.261 e. The van der Waals surface area contributed by atoms with Gasteiger partial charge in [-0.15, -0.1) is 0 Å². The number of methoxy groups -OCH3 is 1. The van der Waals surface area contributed by atoms with Crippen molar-refractivity contribution in [2.75, 3.05) is 7.11 Å². The molecule has 2 aromatic carbocycles. The second kappa shape index (κ2) is 7.63. The molecule has 1 atom stereocenters. The van der Waals surface area contributed by atoms with Crippen LogP contribution in [0.15, 0.2) is 42.5 Å². The largest absolute Gasteiger partial charge is 0.493 e. The normalized spacial score (nSPS) is 11.7. The summed E-state index contributed by atoms with van der Waals surface area (Å²) in [5.74, 6) is 0.547. The molecular formula is C18H20FNO3. The molecule has 0 aliphatic heterocycles. The number of benzene rings is 2. The maximum Gasteiger partial charge on any atom is 0.261 e. The molecule has 0 unspecified atom stereocenters. The van der Waals surface area contributed by atoms with Crippen LogP contribution in [0.5, 0.6) is 11.5 Å². The summed E-state index contributed by atoms with van der Waals surface area (Å²) < 4.78 is 23.8. The van der Waals surface area contributed by atoms with Crippen LogP contribution in [0.4, 0.5) is 4.39 Å². The van der Waals surface area contributed by atoms with E-state index >= 15 is 0 Å². The van der Waals surface area contributed by atoms with Crippen LogP contribution in [0.2, 0.25) is 0 Å². The summed E-state index contributed by atoms with van der Waals surface area (Å²) in [5, 5.41) is 2.76. The summed E-state index contributed by atoms with van der Waals surface area (Å²) in [6.07, 6.45) is -0.674. The van der Waals surface area contributed by atoms with Crippen LogP contribution in [0, 0.1) is 12.7 Å². The van der Waals surface area contributed by atoms with Gasteiger partial charge in [-0.05, 0) is 49.2 Å². The van der Waals surface area contributed by atoms with Gasteiger partial charge >= 0.3 is 0 Å². The second-order valence-electron chi connectivity index (χ2n) is 5.26. The summed E-state index contributed by atoms with van der Waals surface area (Å²) in [7, 11) is 1.56. The van der Waals surface area contributed by atoms with Gasteiger partial charge in [0.05, 0.1) is 7.11 Å². The third-order valence-corrected chi connectivity index (χ3v) is 3.37. The Kier molecular flexibility index (Phi) is 5.57. The third-order valence-electron chi connectivity index (χ3n) is 3.37. The highest BCUT2D eigenvalue weighted by atomic mass is 19.1. The monoisotopic (exact) mass is 317 g/mol. The first-order chi connectivity index (χ1) is 11.0. The fourth-order valence-corrected chi connectivity index (χ4v) is 2.05. The highest BCUT2D eigenvalue weighted by Crippen LogP contribution is 2.28. The number of halogens is 1. The van der Waals surface area contributed by atoms with Crippen LogP contribution in [-0.2, 0) is 11.3 Å². The summed E-state index contributed by atoms with van der Waals surface area (Å²) in [6, 6.07) is 11.5. The fourth-order valence-electron chi connectivity index (χ4n) is 2.05. The maximum absolute atomic E-state index is 12.8. The molecule has 0 saturated heterocycles. The lowest BCUT2D eigenvalue weighted by atomic mass is 10.2. The Bertz CT molecular complexity index is 670. The van der Waals surface area contributed by atoms with Crippen molar-refractivity contribution in [2.45, 2.75) is 26.5 Å². The molecule has 0 fully saturated rings. The van der Waals surface area contributed by atoms with E-state index in [1.807, 2.05) is 19.1 Å². The number of amides is 1. The van der Waals surface area contributed by atoms with Crippen LogP contribution >= 0.6 is 0 Å². The molecule has 0 saturated carbocycles. The molecule has 0 spiro atoms. The van der Waals surface area contributed by atoms with Crippen molar-refractivity contribution < 1.29 is 18.7 Å². The van der Waals surface area contributed by atoms with Gasteiger partial charge in [0.15, 0.2) is 17.6 Å².